The minimum Gasteiger partial charge on any atom is -0.377 e. The molecule has 9 heteroatoms. The van der Waals surface area contributed by atoms with Gasteiger partial charge in [-0.1, -0.05) is 5.21 Å². The zero-order valence-electron chi connectivity index (χ0n) is 12.6. The Kier molecular flexibility index (Phi) is 3.70. The highest BCUT2D eigenvalue weighted by Gasteiger charge is 2.31. The first-order chi connectivity index (χ1) is 11.3. The van der Waals surface area contributed by atoms with E-state index in [1.807, 2.05) is 10.9 Å². The van der Waals surface area contributed by atoms with Crippen molar-refractivity contribution in [3.05, 3.63) is 24.8 Å². The molecule has 2 fully saturated rings. The van der Waals surface area contributed by atoms with Gasteiger partial charge in [0.05, 0.1) is 49.4 Å². The van der Waals surface area contributed by atoms with Crippen molar-refractivity contribution < 1.29 is 9.53 Å². The van der Waals surface area contributed by atoms with Gasteiger partial charge in [0.2, 0.25) is 0 Å². The van der Waals surface area contributed by atoms with Crippen molar-refractivity contribution >= 4 is 11.7 Å². The van der Waals surface area contributed by atoms with E-state index in [0.717, 1.165) is 12.8 Å². The van der Waals surface area contributed by atoms with E-state index in [1.165, 1.54) is 6.42 Å². The van der Waals surface area contributed by atoms with Crippen molar-refractivity contribution in [2.24, 2.45) is 0 Å². The molecule has 1 aliphatic heterocycles. The third-order valence-electron chi connectivity index (χ3n) is 4.46. The topological polar surface area (TPSA) is 98.9 Å². The maximum atomic E-state index is 12.2. The highest BCUT2D eigenvalue weighted by atomic mass is 16.5. The molecule has 4 rings (SSSR count). The molecular formula is C14H19N7O2. The van der Waals surface area contributed by atoms with Crippen LogP contribution in [0.15, 0.2) is 24.8 Å². The van der Waals surface area contributed by atoms with Gasteiger partial charge in [-0.3, -0.25) is 4.68 Å². The van der Waals surface area contributed by atoms with Crippen LogP contribution in [0.4, 0.5) is 10.5 Å². The lowest BCUT2D eigenvalue weighted by molar-refractivity contribution is 0.181. The molecule has 0 unspecified atom stereocenters. The third-order valence-corrected chi connectivity index (χ3v) is 4.46. The lowest BCUT2D eigenvalue weighted by atomic mass is 9.93. The molecular weight excluding hydrogens is 298 g/mol. The van der Waals surface area contributed by atoms with Crippen LogP contribution in [0.1, 0.15) is 31.3 Å². The van der Waals surface area contributed by atoms with Crippen molar-refractivity contribution in [1.29, 1.82) is 0 Å². The first-order valence-electron chi connectivity index (χ1n) is 7.85. The SMILES string of the molecule is O=C(Nc1cnn(C2CCC2)c1)N[C@H]1COC[C@H]1n1ccnn1. The number of anilines is 1. The van der Waals surface area contributed by atoms with E-state index in [0.29, 0.717) is 24.9 Å². The monoisotopic (exact) mass is 317 g/mol. The molecule has 2 aromatic rings. The van der Waals surface area contributed by atoms with Crippen LogP contribution in [0.2, 0.25) is 0 Å². The lowest BCUT2D eigenvalue weighted by Crippen LogP contribution is -2.43. The van der Waals surface area contributed by atoms with Crippen LogP contribution >= 0.6 is 0 Å². The molecule has 3 heterocycles. The fraction of sp³-hybridized carbons (Fsp3) is 0.571. The van der Waals surface area contributed by atoms with Gasteiger partial charge < -0.3 is 15.4 Å². The summed E-state index contributed by atoms with van der Waals surface area (Å²) in [6.07, 6.45) is 10.5. The number of hydrogen-bond acceptors (Lipinski definition) is 5. The van der Waals surface area contributed by atoms with Crippen molar-refractivity contribution in [3.8, 4) is 0 Å². The normalized spacial score (nSPS) is 24.3. The number of carbonyl (C=O) groups is 1. The van der Waals surface area contributed by atoms with Gasteiger partial charge in [0, 0.05) is 12.4 Å². The number of ether oxygens (including phenoxy) is 1. The molecule has 1 aliphatic carbocycles. The standard InChI is InChI=1S/C14H19N7O2/c22-14(17-10-6-16-21(7-10)11-2-1-3-11)18-12-8-23-9-13(12)20-5-4-15-19-20/h4-7,11-13H,1-3,8-9H2,(H2,17,18,22)/t12-,13+/m0/s1. The van der Waals surface area contributed by atoms with Gasteiger partial charge in [-0.15, -0.1) is 5.10 Å². The van der Waals surface area contributed by atoms with E-state index in [4.69, 9.17) is 4.74 Å². The van der Waals surface area contributed by atoms with Gasteiger partial charge in [-0.05, 0) is 19.3 Å². The summed E-state index contributed by atoms with van der Waals surface area (Å²) in [4.78, 5) is 12.2. The molecule has 1 saturated carbocycles. The molecule has 0 bridgehead atoms. The predicted molar refractivity (Wildman–Crippen MR) is 80.9 cm³/mol. The minimum absolute atomic E-state index is 0.0408. The Hall–Kier alpha value is -2.42. The van der Waals surface area contributed by atoms with Crippen LogP contribution < -0.4 is 10.6 Å². The molecule has 0 aromatic carbocycles. The van der Waals surface area contributed by atoms with Gasteiger partial charge in [0.1, 0.15) is 0 Å². The summed E-state index contributed by atoms with van der Waals surface area (Å²) in [7, 11) is 0. The summed E-state index contributed by atoms with van der Waals surface area (Å²) in [5, 5.41) is 17.8. The molecule has 2 atom stereocenters. The van der Waals surface area contributed by atoms with Crippen LogP contribution in [0.3, 0.4) is 0 Å². The van der Waals surface area contributed by atoms with Crippen molar-refractivity contribution in [1.82, 2.24) is 30.1 Å². The summed E-state index contributed by atoms with van der Waals surface area (Å²) >= 11 is 0. The number of carbonyl (C=O) groups excluding carboxylic acids is 1. The number of hydrogen-bond donors (Lipinski definition) is 2. The minimum atomic E-state index is -0.265. The van der Waals surface area contributed by atoms with E-state index in [-0.39, 0.29) is 18.1 Å². The average Bonchev–Trinajstić information content (AvgIpc) is 3.17. The van der Waals surface area contributed by atoms with Gasteiger partial charge in [0.15, 0.2) is 0 Å². The van der Waals surface area contributed by atoms with E-state index in [2.05, 4.69) is 26.0 Å². The van der Waals surface area contributed by atoms with E-state index < -0.39 is 0 Å². The van der Waals surface area contributed by atoms with Crippen molar-refractivity contribution in [3.63, 3.8) is 0 Å². The number of rotatable bonds is 4. The Morgan fingerprint density at radius 3 is 2.96 bits per heavy atom. The molecule has 0 radical (unpaired) electrons. The highest BCUT2D eigenvalue weighted by molar-refractivity contribution is 5.89. The number of nitrogens with one attached hydrogen (secondary N) is 2. The predicted octanol–water partition coefficient (Wildman–Crippen LogP) is 0.961. The molecule has 9 nitrogen and oxygen atoms in total. The molecule has 1 saturated heterocycles. The zero-order valence-corrected chi connectivity index (χ0v) is 12.6. The lowest BCUT2D eigenvalue weighted by Gasteiger charge is -2.25. The Morgan fingerprint density at radius 2 is 2.22 bits per heavy atom. The van der Waals surface area contributed by atoms with Gasteiger partial charge in [0.25, 0.3) is 0 Å². The Morgan fingerprint density at radius 1 is 1.30 bits per heavy atom. The smallest absolute Gasteiger partial charge is 0.319 e. The second-order valence-corrected chi connectivity index (χ2v) is 5.99. The Balaban J connectivity index is 1.35. The van der Waals surface area contributed by atoms with Crippen LogP contribution in [0.25, 0.3) is 0 Å². The Bertz CT molecular complexity index is 664. The Labute approximate surface area is 133 Å². The van der Waals surface area contributed by atoms with Crippen molar-refractivity contribution in [2.45, 2.75) is 37.4 Å². The summed E-state index contributed by atoms with van der Waals surface area (Å²) in [5.74, 6) is 0. The molecule has 0 spiro atoms. The van der Waals surface area contributed by atoms with Gasteiger partial charge in [-0.25, -0.2) is 9.48 Å². The quantitative estimate of drug-likeness (QED) is 0.875. The third kappa shape index (κ3) is 2.91. The fourth-order valence-corrected chi connectivity index (χ4v) is 2.92. The molecule has 2 amide bonds. The summed E-state index contributed by atoms with van der Waals surface area (Å²) < 4.78 is 9.10. The van der Waals surface area contributed by atoms with Gasteiger partial charge in [-0.2, -0.15) is 5.10 Å². The van der Waals surface area contributed by atoms with Crippen molar-refractivity contribution in [2.75, 3.05) is 18.5 Å². The summed E-state index contributed by atoms with van der Waals surface area (Å²) in [6, 6.07) is 0.0339. The van der Waals surface area contributed by atoms with E-state index >= 15 is 0 Å². The second-order valence-electron chi connectivity index (χ2n) is 5.99. The molecule has 2 N–H and O–H groups in total. The van der Waals surface area contributed by atoms with Crippen LogP contribution in [0, 0.1) is 0 Å². The van der Waals surface area contributed by atoms with Gasteiger partial charge >= 0.3 is 6.03 Å². The molecule has 122 valence electrons. The maximum absolute atomic E-state index is 12.2. The number of nitrogens with zero attached hydrogens (tertiary/aromatic N) is 5. The maximum Gasteiger partial charge on any atom is 0.319 e. The second kappa shape index (κ2) is 5.99. The van der Waals surface area contributed by atoms with E-state index in [1.54, 1.807) is 23.3 Å². The van der Waals surface area contributed by atoms with E-state index in [9.17, 15) is 4.79 Å². The van der Waals surface area contributed by atoms with Crippen LogP contribution in [0.5, 0.6) is 0 Å². The average molecular weight is 317 g/mol. The summed E-state index contributed by atoms with van der Waals surface area (Å²) in [5.41, 5.74) is 0.700. The zero-order chi connectivity index (χ0) is 15.6. The van der Waals surface area contributed by atoms with Crippen LogP contribution in [-0.4, -0.2) is 50.1 Å². The first kappa shape index (κ1) is 14.2. The fourth-order valence-electron chi connectivity index (χ4n) is 2.92. The molecule has 23 heavy (non-hydrogen) atoms. The number of urea groups is 1. The number of aromatic nitrogens is 5. The summed E-state index contributed by atoms with van der Waals surface area (Å²) in [6.45, 7) is 0.965. The van der Waals surface area contributed by atoms with Crippen LogP contribution in [-0.2, 0) is 4.74 Å². The molecule has 2 aromatic heterocycles. The number of amides is 2. The largest absolute Gasteiger partial charge is 0.377 e. The highest BCUT2D eigenvalue weighted by Crippen LogP contribution is 2.31. The molecule has 2 aliphatic rings. The first-order valence-corrected chi connectivity index (χ1v) is 7.85.